The van der Waals surface area contributed by atoms with Gasteiger partial charge in [0.05, 0.1) is 11.4 Å². The molecule has 0 aliphatic heterocycles. The van der Waals surface area contributed by atoms with Crippen LogP contribution < -0.4 is 10.0 Å². The van der Waals surface area contributed by atoms with Crippen LogP contribution >= 0.6 is 11.3 Å². The fourth-order valence-electron chi connectivity index (χ4n) is 1.99. The lowest BCUT2D eigenvalue weighted by Gasteiger charge is -2.04. The number of sulfonamides is 1. The van der Waals surface area contributed by atoms with Gasteiger partial charge in [-0.1, -0.05) is 37.6 Å². The molecule has 0 aliphatic carbocycles. The van der Waals surface area contributed by atoms with E-state index in [2.05, 4.69) is 15.0 Å². The molecule has 130 valence electrons. The first kappa shape index (κ1) is 18.4. The van der Waals surface area contributed by atoms with Gasteiger partial charge in [0.2, 0.25) is 15.9 Å². The summed E-state index contributed by atoms with van der Waals surface area (Å²) in [6, 6.07) is 7.63. The first-order chi connectivity index (χ1) is 11.4. The van der Waals surface area contributed by atoms with Crippen LogP contribution in [0.15, 0.2) is 29.6 Å². The van der Waals surface area contributed by atoms with Crippen LogP contribution in [-0.2, 0) is 21.4 Å². The van der Waals surface area contributed by atoms with Crippen molar-refractivity contribution in [2.24, 2.45) is 0 Å². The van der Waals surface area contributed by atoms with E-state index in [1.54, 1.807) is 0 Å². The van der Waals surface area contributed by atoms with Crippen LogP contribution in [0.2, 0.25) is 0 Å². The highest BCUT2D eigenvalue weighted by Gasteiger charge is 2.13. The molecule has 24 heavy (non-hydrogen) atoms. The lowest BCUT2D eigenvalue weighted by molar-refractivity contribution is -0.119. The van der Waals surface area contributed by atoms with Crippen LogP contribution in [0.1, 0.15) is 32.3 Å². The van der Waals surface area contributed by atoms with Crippen molar-refractivity contribution in [1.29, 1.82) is 0 Å². The van der Waals surface area contributed by atoms with E-state index in [-0.39, 0.29) is 11.7 Å². The minimum atomic E-state index is -3.33. The fraction of sp³-hybridized carbons (Fsp3) is 0.375. The number of rotatable bonds is 8. The van der Waals surface area contributed by atoms with Crippen LogP contribution in [0.25, 0.3) is 11.3 Å². The van der Waals surface area contributed by atoms with Crippen LogP contribution in [0.4, 0.5) is 5.13 Å². The summed E-state index contributed by atoms with van der Waals surface area (Å²) in [6.07, 6.45) is 1.46. The van der Waals surface area contributed by atoms with E-state index in [9.17, 15) is 13.2 Å². The molecule has 1 heterocycles. The van der Waals surface area contributed by atoms with Gasteiger partial charge in [-0.25, -0.2) is 13.4 Å². The van der Waals surface area contributed by atoms with E-state index in [4.69, 9.17) is 0 Å². The van der Waals surface area contributed by atoms with E-state index < -0.39 is 10.0 Å². The van der Waals surface area contributed by atoms with Gasteiger partial charge < -0.3 is 5.32 Å². The van der Waals surface area contributed by atoms with E-state index in [0.29, 0.717) is 18.1 Å². The van der Waals surface area contributed by atoms with Crippen molar-refractivity contribution in [2.45, 2.75) is 33.2 Å². The SMILES string of the molecule is CCCCS(=O)(=O)Nc1nc(-c2ccc(CNC(C)=O)cc2)cs1. The Labute approximate surface area is 146 Å². The van der Waals surface area contributed by atoms with E-state index in [1.165, 1.54) is 18.3 Å². The van der Waals surface area contributed by atoms with Crippen molar-refractivity contribution < 1.29 is 13.2 Å². The molecule has 1 amide bonds. The van der Waals surface area contributed by atoms with Crippen molar-refractivity contribution in [3.05, 3.63) is 35.2 Å². The number of unbranched alkanes of at least 4 members (excludes halogenated alkanes) is 1. The highest BCUT2D eigenvalue weighted by Crippen LogP contribution is 2.26. The molecular formula is C16H21N3O3S2. The number of nitrogens with one attached hydrogen (secondary N) is 2. The number of amides is 1. The molecule has 0 saturated carbocycles. The van der Waals surface area contributed by atoms with Gasteiger partial charge in [0, 0.05) is 24.4 Å². The summed E-state index contributed by atoms with van der Waals surface area (Å²) < 4.78 is 26.3. The van der Waals surface area contributed by atoms with Gasteiger partial charge in [-0.15, -0.1) is 11.3 Å². The second kappa shape index (κ2) is 8.25. The number of thiazole rings is 1. The summed E-state index contributed by atoms with van der Waals surface area (Å²) in [7, 11) is -3.33. The molecule has 0 atom stereocenters. The predicted octanol–water partition coefficient (Wildman–Crippen LogP) is 2.99. The number of nitrogens with zero attached hydrogens (tertiary/aromatic N) is 1. The average Bonchev–Trinajstić information content (AvgIpc) is 2.99. The molecule has 2 rings (SSSR count). The Balaban J connectivity index is 2.03. The Morgan fingerprint density at radius 3 is 2.58 bits per heavy atom. The molecular weight excluding hydrogens is 346 g/mol. The molecule has 2 N–H and O–H groups in total. The quantitative estimate of drug-likeness (QED) is 0.751. The van der Waals surface area contributed by atoms with Crippen molar-refractivity contribution in [2.75, 3.05) is 10.5 Å². The maximum absolute atomic E-state index is 11.9. The third-order valence-corrected chi connectivity index (χ3v) is 5.52. The first-order valence-corrected chi connectivity index (χ1v) is 10.2. The molecule has 0 bridgehead atoms. The topological polar surface area (TPSA) is 88.2 Å². The van der Waals surface area contributed by atoms with Gasteiger partial charge in [-0.3, -0.25) is 9.52 Å². The molecule has 0 aliphatic rings. The second-order valence-electron chi connectivity index (χ2n) is 5.42. The van der Waals surface area contributed by atoms with Crippen LogP contribution in [0.5, 0.6) is 0 Å². The molecule has 0 radical (unpaired) electrons. The van der Waals surface area contributed by atoms with Crippen LogP contribution in [0.3, 0.4) is 0 Å². The number of hydrogen-bond donors (Lipinski definition) is 2. The molecule has 1 aromatic heterocycles. The number of anilines is 1. The monoisotopic (exact) mass is 367 g/mol. The zero-order valence-electron chi connectivity index (χ0n) is 13.7. The first-order valence-electron chi connectivity index (χ1n) is 7.69. The van der Waals surface area contributed by atoms with Gasteiger partial charge in [-0.2, -0.15) is 0 Å². The minimum absolute atomic E-state index is 0.0708. The number of carbonyl (C=O) groups excluding carboxylic acids is 1. The predicted molar refractivity (Wildman–Crippen MR) is 97.4 cm³/mol. The molecule has 0 fully saturated rings. The number of aromatic nitrogens is 1. The van der Waals surface area contributed by atoms with Crippen LogP contribution in [0, 0.1) is 0 Å². The maximum atomic E-state index is 11.9. The van der Waals surface area contributed by atoms with Gasteiger partial charge in [0.15, 0.2) is 5.13 Å². The number of benzene rings is 1. The van der Waals surface area contributed by atoms with Crippen molar-refractivity contribution in [3.8, 4) is 11.3 Å². The van der Waals surface area contributed by atoms with Gasteiger partial charge in [0.25, 0.3) is 0 Å². The third-order valence-electron chi connectivity index (χ3n) is 3.30. The molecule has 8 heteroatoms. The highest BCUT2D eigenvalue weighted by molar-refractivity contribution is 7.92. The summed E-state index contributed by atoms with van der Waals surface area (Å²) in [4.78, 5) is 15.2. The summed E-state index contributed by atoms with van der Waals surface area (Å²) >= 11 is 1.26. The van der Waals surface area contributed by atoms with E-state index in [1.807, 2.05) is 36.6 Å². The molecule has 0 unspecified atom stereocenters. The van der Waals surface area contributed by atoms with Crippen molar-refractivity contribution >= 4 is 32.4 Å². The lowest BCUT2D eigenvalue weighted by atomic mass is 10.1. The third kappa shape index (κ3) is 5.61. The molecule has 2 aromatic rings. The fourth-order valence-corrected chi connectivity index (χ4v) is 4.21. The summed E-state index contributed by atoms with van der Waals surface area (Å²) in [5, 5.41) is 4.94. The Hall–Kier alpha value is -1.93. The largest absolute Gasteiger partial charge is 0.352 e. The normalized spacial score (nSPS) is 11.2. The average molecular weight is 367 g/mol. The van der Waals surface area contributed by atoms with E-state index >= 15 is 0 Å². The Kier molecular flexibility index (Phi) is 6.33. The van der Waals surface area contributed by atoms with Gasteiger partial charge >= 0.3 is 0 Å². The molecule has 0 saturated heterocycles. The zero-order chi connectivity index (χ0) is 17.6. The molecule has 6 nitrogen and oxygen atoms in total. The number of hydrogen-bond acceptors (Lipinski definition) is 5. The smallest absolute Gasteiger partial charge is 0.234 e. The number of carbonyl (C=O) groups is 1. The maximum Gasteiger partial charge on any atom is 0.234 e. The van der Waals surface area contributed by atoms with Gasteiger partial charge in [0.1, 0.15) is 0 Å². The molecule has 1 aromatic carbocycles. The summed E-state index contributed by atoms with van der Waals surface area (Å²) in [5.41, 5.74) is 2.61. The standard InChI is InChI=1S/C16H21N3O3S2/c1-3-4-9-24(21,22)19-16-18-15(11-23-16)14-7-5-13(6-8-14)10-17-12(2)20/h5-8,11H,3-4,9-10H2,1-2H3,(H,17,20)(H,18,19). The second-order valence-corrected chi connectivity index (χ2v) is 8.12. The van der Waals surface area contributed by atoms with Crippen molar-refractivity contribution in [1.82, 2.24) is 10.3 Å². The zero-order valence-corrected chi connectivity index (χ0v) is 15.3. The Bertz CT molecular complexity index is 783. The Morgan fingerprint density at radius 2 is 1.96 bits per heavy atom. The minimum Gasteiger partial charge on any atom is -0.352 e. The molecule has 0 spiro atoms. The van der Waals surface area contributed by atoms with Crippen LogP contribution in [-0.4, -0.2) is 25.1 Å². The highest BCUT2D eigenvalue weighted by atomic mass is 32.2. The summed E-state index contributed by atoms with van der Waals surface area (Å²) in [6.45, 7) is 3.91. The van der Waals surface area contributed by atoms with Crippen molar-refractivity contribution in [3.63, 3.8) is 0 Å². The van der Waals surface area contributed by atoms with Gasteiger partial charge in [-0.05, 0) is 12.0 Å². The Morgan fingerprint density at radius 1 is 1.25 bits per heavy atom. The lowest BCUT2D eigenvalue weighted by Crippen LogP contribution is -2.18. The van der Waals surface area contributed by atoms with E-state index in [0.717, 1.165) is 23.2 Å². The summed E-state index contributed by atoms with van der Waals surface area (Å²) in [5.74, 6) is 0.0366.